The summed E-state index contributed by atoms with van der Waals surface area (Å²) < 4.78 is 1.73. The number of rotatable bonds is 6. The molecule has 1 heterocycles. The van der Waals surface area contributed by atoms with E-state index in [4.69, 9.17) is 17.3 Å². The summed E-state index contributed by atoms with van der Waals surface area (Å²) in [6.07, 6.45) is 3.02. The van der Waals surface area contributed by atoms with Crippen molar-refractivity contribution in [1.29, 1.82) is 0 Å². The first-order valence-electron chi connectivity index (χ1n) is 7.89. The molecule has 25 heavy (non-hydrogen) atoms. The fraction of sp³-hybridized carbons (Fsp3) is 0.278. The molecule has 0 bridgehead atoms. The van der Waals surface area contributed by atoms with Crippen molar-refractivity contribution in [2.75, 3.05) is 5.32 Å². The maximum absolute atomic E-state index is 12.1. The van der Waals surface area contributed by atoms with Gasteiger partial charge in [-0.1, -0.05) is 31.5 Å². The van der Waals surface area contributed by atoms with Crippen LogP contribution in [-0.2, 0) is 11.3 Å². The van der Waals surface area contributed by atoms with Crippen LogP contribution < -0.4 is 11.1 Å². The molecule has 0 saturated heterocycles. The van der Waals surface area contributed by atoms with Crippen LogP contribution in [0.3, 0.4) is 0 Å². The number of primary amides is 1. The number of aromatic nitrogens is 2. The Labute approximate surface area is 151 Å². The average Bonchev–Trinajstić information content (AvgIpc) is 2.79. The third kappa shape index (κ3) is 4.93. The second-order valence-corrected chi connectivity index (χ2v) is 6.49. The molecule has 0 aliphatic heterocycles. The van der Waals surface area contributed by atoms with Gasteiger partial charge in [0, 0.05) is 29.4 Å². The van der Waals surface area contributed by atoms with Crippen molar-refractivity contribution >= 4 is 35.2 Å². The lowest BCUT2D eigenvalue weighted by Crippen LogP contribution is -2.12. The minimum Gasteiger partial charge on any atom is -0.366 e. The zero-order valence-corrected chi connectivity index (χ0v) is 15.2. The molecule has 132 valence electrons. The molecule has 2 aromatic rings. The van der Waals surface area contributed by atoms with E-state index >= 15 is 0 Å². The highest BCUT2D eigenvalue weighted by molar-refractivity contribution is 6.31. The third-order valence-electron chi connectivity index (χ3n) is 3.46. The lowest BCUT2D eigenvalue weighted by molar-refractivity contribution is -0.111. The number of carbonyl (C=O) groups excluding carboxylic acids is 2. The number of hydrogen-bond donors (Lipinski definition) is 2. The Balaban J connectivity index is 2.12. The van der Waals surface area contributed by atoms with E-state index in [1.807, 2.05) is 6.92 Å². The summed E-state index contributed by atoms with van der Waals surface area (Å²) in [4.78, 5) is 23.3. The summed E-state index contributed by atoms with van der Waals surface area (Å²) in [6.45, 7) is 6.71. The van der Waals surface area contributed by atoms with Gasteiger partial charge in [0.1, 0.15) is 5.15 Å². The molecule has 0 fully saturated rings. The zero-order chi connectivity index (χ0) is 18.6. The first-order chi connectivity index (χ1) is 11.8. The van der Waals surface area contributed by atoms with Gasteiger partial charge in [-0.2, -0.15) is 5.10 Å². The molecule has 0 unspecified atom stereocenters. The summed E-state index contributed by atoms with van der Waals surface area (Å²) in [5, 5.41) is 7.58. The molecule has 0 spiro atoms. The van der Waals surface area contributed by atoms with E-state index < -0.39 is 5.91 Å². The molecule has 6 nitrogen and oxygen atoms in total. The lowest BCUT2D eigenvalue weighted by Gasteiger charge is -2.05. The Morgan fingerprint density at radius 1 is 1.40 bits per heavy atom. The average molecular weight is 361 g/mol. The molecular weight excluding hydrogens is 340 g/mol. The van der Waals surface area contributed by atoms with Gasteiger partial charge in [0.05, 0.1) is 5.69 Å². The second-order valence-electron chi connectivity index (χ2n) is 6.13. The topological polar surface area (TPSA) is 90.0 Å². The van der Waals surface area contributed by atoms with Crippen LogP contribution in [0.2, 0.25) is 5.15 Å². The molecule has 1 aromatic heterocycles. The first kappa shape index (κ1) is 18.7. The Kier molecular flexibility index (Phi) is 5.98. The third-order valence-corrected chi connectivity index (χ3v) is 3.86. The Hall–Kier alpha value is -2.60. The summed E-state index contributed by atoms with van der Waals surface area (Å²) in [7, 11) is 0. The van der Waals surface area contributed by atoms with Gasteiger partial charge in [-0.3, -0.25) is 14.3 Å². The maximum atomic E-state index is 12.1. The van der Waals surface area contributed by atoms with Crippen molar-refractivity contribution in [2.45, 2.75) is 27.3 Å². The van der Waals surface area contributed by atoms with Crippen LogP contribution >= 0.6 is 11.6 Å². The molecule has 1 aromatic carbocycles. The fourth-order valence-corrected chi connectivity index (χ4v) is 2.62. The van der Waals surface area contributed by atoms with Crippen LogP contribution in [0, 0.1) is 12.8 Å². The summed E-state index contributed by atoms with van der Waals surface area (Å²) in [5.74, 6) is -0.477. The minimum atomic E-state index is -0.549. The van der Waals surface area contributed by atoms with Gasteiger partial charge >= 0.3 is 0 Å². The number of amides is 2. The molecule has 2 amide bonds. The van der Waals surface area contributed by atoms with E-state index in [2.05, 4.69) is 24.3 Å². The lowest BCUT2D eigenvalue weighted by atomic mass is 10.2. The first-order valence-corrected chi connectivity index (χ1v) is 8.27. The molecular formula is C18H21ClN4O2. The van der Waals surface area contributed by atoms with Crippen molar-refractivity contribution in [3.63, 3.8) is 0 Å². The van der Waals surface area contributed by atoms with Gasteiger partial charge in [0.15, 0.2) is 0 Å². The zero-order valence-electron chi connectivity index (χ0n) is 14.4. The van der Waals surface area contributed by atoms with Crippen molar-refractivity contribution < 1.29 is 9.59 Å². The summed E-state index contributed by atoms with van der Waals surface area (Å²) >= 11 is 6.34. The molecule has 0 radical (unpaired) electrons. The van der Waals surface area contributed by atoms with Crippen LogP contribution in [0.15, 0.2) is 30.3 Å². The quantitative estimate of drug-likeness (QED) is 0.775. The van der Waals surface area contributed by atoms with Gasteiger partial charge in [-0.25, -0.2) is 0 Å². The largest absolute Gasteiger partial charge is 0.366 e. The normalized spacial score (nSPS) is 11.2. The number of halogens is 1. The number of nitrogens with one attached hydrogen (secondary N) is 1. The number of carbonyl (C=O) groups is 2. The Morgan fingerprint density at radius 2 is 2.12 bits per heavy atom. The van der Waals surface area contributed by atoms with Crippen molar-refractivity contribution in [3.05, 3.63) is 52.3 Å². The number of nitrogens with zero attached hydrogens (tertiary/aromatic N) is 2. The van der Waals surface area contributed by atoms with Gasteiger partial charge < -0.3 is 11.1 Å². The van der Waals surface area contributed by atoms with Crippen molar-refractivity contribution in [1.82, 2.24) is 9.78 Å². The fourth-order valence-electron chi connectivity index (χ4n) is 2.32. The summed E-state index contributed by atoms with van der Waals surface area (Å²) in [6, 6.07) is 6.43. The Bertz CT molecular complexity index is 824. The van der Waals surface area contributed by atoms with Crippen LogP contribution in [0.1, 0.15) is 35.5 Å². The predicted octanol–water partition coefficient (Wildman–Crippen LogP) is 3.25. The smallest absolute Gasteiger partial charge is 0.248 e. The molecule has 3 N–H and O–H groups in total. The van der Waals surface area contributed by atoms with Crippen molar-refractivity contribution in [2.24, 2.45) is 11.7 Å². The van der Waals surface area contributed by atoms with Gasteiger partial charge in [0.2, 0.25) is 11.8 Å². The van der Waals surface area contributed by atoms with E-state index in [-0.39, 0.29) is 5.91 Å². The number of benzene rings is 1. The SMILES string of the molecule is Cc1nn(CC(C)C)c(Cl)c1/C=C/C(=O)Nc1cccc(C(N)=O)c1. The van der Waals surface area contributed by atoms with E-state index in [9.17, 15) is 9.59 Å². The number of aryl methyl sites for hydroxylation is 1. The van der Waals surface area contributed by atoms with Crippen LogP contribution in [0.5, 0.6) is 0 Å². The molecule has 0 atom stereocenters. The maximum Gasteiger partial charge on any atom is 0.248 e. The van der Waals surface area contributed by atoms with Gasteiger partial charge in [-0.15, -0.1) is 0 Å². The molecule has 0 aliphatic rings. The van der Waals surface area contributed by atoms with Crippen molar-refractivity contribution in [3.8, 4) is 0 Å². The van der Waals surface area contributed by atoms with E-state index in [1.165, 1.54) is 12.1 Å². The Morgan fingerprint density at radius 3 is 2.76 bits per heavy atom. The van der Waals surface area contributed by atoms with Crippen LogP contribution in [0.4, 0.5) is 5.69 Å². The van der Waals surface area contributed by atoms with E-state index in [0.717, 1.165) is 5.69 Å². The molecule has 7 heteroatoms. The van der Waals surface area contributed by atoms with Crippen LogP contribution in [0.25, 0.3) is 6.08 Å². The number of hydrogen-bond acceptors (Lipinski definition) is 3. The summed E-state index contributed by atoms with van der Waals surface area (Å²) in [5.41, 5.74) is 7.51. The molecule has 0 aliphatic carbocycles. The van der Waals surface area contributed by atoms with E-state index in [1.54, 1.807) is 29.0 Å². The van der Waals surface area contributed by atoms with Gasteiger partial charge in [-0.05, 0) is 37.1 Å². The predicted molar refractivity (Wildman–Crippen MR) is 99.4 cm³/mol. The van der Waals surface area contributed by atoms with Gasteiger partial charge in [0.25, 0.3) is 0 Å². The minimum absolute atomic E-state index is 0.329. The highest BCUT2D eigenvalue weighted by Gasteiger charge is 2.12. The number of nitrogens with two attached hydrogens (primary N) is 1. The highest BCUT2D eigenvalue weighted by atomic mass is 35.5. The highest BCUT2D eigenvalue weighted by Crippen LogP contribution is 2.22. The molecule has 2 rings (SSSR count). The van der Waals surface area contributed by atoms with E-state index in [0.29, 0.717) is 34.4 Å². The standard InChI is InChI=1S/C18H21ClN4O2/c1-11(2)10-23-17(19)15(12(3)22-23)7-8-16(24)21-14-6-4-5-13(9-14)18(20)25/h4-9,11H,10H2,1-3H3,(H2,20,25)(H,21,24)/b8-7+. The second kappa shape index (κ2) is 7.98. The number of anilines is 1. The van der Waals surface area contributed by atoms with Crippen LogP contribution in [-0.4, -0.2) is 21.6 Å². The monoisotopic (exact) mass is 360 g/mol. The molecule has 0 saturated carbocycles.